The van der Waals surface area contributed by atoms with E-state index < -0.39 is 87.0 Å². The van der Waals surface area contributed by atoms with E-state index in [4.69, 9.17) is 46.4 Å². The van der Waals surface area contributed by atoms with Gasteiger partial charge in [0.1, 0.15) is 37.4 Å². The fourth-order valence-electron chi connectivity index (χ4n) is 7.56. The number of fused-ring (bicyclic) bond motifs is 1. The average molecular weight is 823 g/mol. The predicted molar refractivity (Wildman–Crippen MR) is 191 cm³/mol. The molecule has 0 fully saturated rings. The maximum atomic E-state index is 16.0. The van der Waals surface area contributed by atoms with Crippen molar-refractivity contribution in [1.82, 2.24) is 0 Å². The van der Waals surface area contributed by atoms with E-state index in [9.17, 15) is 26.3 Å². The Morgan fingerprint density at radius 2 is 1.02 bits per heavy atom. The minimum atomic E-state index is -4.12. The highest BCUT2D eigenvalue weighted by Crippen LogP contribution is 2.58. The molecule has 52 heavy (non-hydrogen) atoms. The molecular formula is C36H34BCl4F10N. The van der Waals surface area contributed by atoms with Crippen LogP contribution in [0.5, 0.6) is 0 Å². The molecule has 5 rings (SSSR count). The van der Waals surface area contributed by atoms with Crippen molar-refractivity contribution >= 4 is 74.8 Å². The van der Waals surface area contributed by atoms with Gasteiger partial charge in [0.25, 0.3) is 0 Å². The third-order valence-corrected chi connectivity index (χ3v) is 9.95. The first kappa shape index (κ1) is 43.7. The third-order valence-electron chi connectivity index (χ3n) is 9.95. The summed E-state index contributed by atoms with van der Waals surface area (Å²) in [7, 11) is 3.37. The smallest absolute Gasteiger partial charge is 0.200 e. The molecule has 0 radical (unpaired) electrons. The molecule has 0 bridgehead atoms. The van der Waals surface area contributed by atoms with Gasteiger partial charge in [-0.1, -0.05) is 57.5 Å². The summed E-state index contributed by atoms with van der Waals surface area (Å²) in [4.78, 5) is 0. The van der Waals surface area contributed by atoms with E-state index in [0.29, 0.717) is 16.8 Å². The maximum absolute atomic E-state index is 16.0. The molecule has 0 aromatic heterocycles. The molecule has 2 aliphatic rings. The molecule has 0 N–H and O–H groups in total. The van der Waals surface area contributed by atoms with Gasteiger partial charge in [0.15, 0.2) is 40.6 Å². The summed E-state index contributed by atoms with van der Waals surface area (Å²) in [6, 6.07) is 6.82. The lowest BCUT2D eigenvalue weighted by molar-refractivity contribution is -0.464. The highest BCUT2D eigenvalue weighted by molar-refractivity contribution is 7.10. The standard InChI is InChI=1S/C34H30BF10N.2CH2Cl2/c1-14-21(16-8-10-18(11-9-16)34(3,4)5)19-12-17(15(2)46(6)7)13-20(19)35(14,22-24(36)28(40)32(44)29(41)25(22)37)23-26(38)30(42)33(45)31(43)27(23)39;2*2-1-3/h8-11,13,19-20H,12H2,1-7H3;2*1H2/t19-,20+;;/m0../s1. The second kappa shape index (κ2) is 16.8. The van der Waals surface area contributed by atoms with Crippen LogP contribution in [0.2, 0.25) is 5.82 Å². The SMILES string of the molecule is CC1=C(c2ccc(C(C)(C)C)cc2)[C@H]2CC(C(C)=[N+](C)C)=C[C@H]2[B-]1(c1c(F)c(F)c(F)c(F)c1F)c1c(F)c(F)c(F)c(F)c1F.ClCCl.ClCCl. The van der Waals surface area contributed by atoms with Crippen LogP contribution in [0, 0.1) is 64.1 Å². The number of benzene rings is 3. The molecule has 0 saturated carbocycles. The third kappa shape index (κ3) is 7.38. The van der Waals surface area contributed by atoms with Crippen molar-refractivity contribution in [2.75, 3.05) is 24.8 Å². The summed E-state index contributed by atoms with van der Waals surface area (Å²) in [5.41, 5.74) is -1.22. The van der Waals surface area contributed by atoms with Gasteiger partial charge in [-0.05, 0) is 28.9 Å². The Hall–Kier alpha value is -2.67. The van der Waals surface area contributed by atoms with E-state index in [0.717, 1.165) is 5.56 Å². The van der Waals surface area contributed by atoms with Crippen molar-refractivity contribution < 1.29 is 48.5 Å². The summed E-state index contributed by atoms with van der Waals surface area (Å²) in [5.74, 6) is -26.8. The van der Waals surface area contributed by atoms with Crippen LogP contribution in [0.15, 0.2) is 41.4 Å². The zero-order valence-corrected chi connectivity index (χ0v) is 32.0. The van der Waals surface area contributed by atoms with Gasteiger partial charge in [0.05, 0.1) is 16.8 Å². The average Bonchev–Trinajstić information content (AvgIpc) is 3.61. The number of alkyl halides is 4. The van der Waals surface area contributed by atoms with Gasteiger partial charge in [-0.25, -0.2) is 54.0 Å². The lowest BCUT2D eigenvalue weighted by Crippen LogP contribution is -2.66. The topological polar surface area (TPSA) is 3.01 Å². The lowest BCUT2D eigenvalue weighted by atomic mass is 9.11. The van der Waals surface area contributed by atoms with Gasteiger partial charge in [0, 0.05) is 12.5 Å². The predicted octanol–water partition coefficient (Wildman–Crippen LogP) is 10.9. The van der Waals surface area contributed by atoms with Crippen molar-refractivity contribution in [1.29, 1.82) is 0 Å². The van der Waals surface area contributed by atoms with E-state index in [1.54, 1.807) is 49.9 Å². The zero-order valence-electron chi connectivity index (χ0n) is 29.0. The molecule has 0 spiro atoms. The molecular weight excluding hydrogens is 789 g/mol. The Kier molecular flexibility index (Phi) is 14.1. The van der Waals surface area contributed by atoms with E-state index in [1.165, 1.54) is 13.0 Å². The zero-order chi connectivity index (χ0) is 39.8. The van der Waals surface area contributed by atoms with Gasteiger partial charge < -0.3 is 0 Å². The van der Waals surface area contributed by atoms with Crippen molar-refractivity contribution in [2.24, 2.45) is 5.92 Å². The van der Waals surface area contributed by atoms with Gasteiger partial charge in [-0.3, -0.25) is 0 Å². The largest absolute Gasteiger partial charge is 0.239 e. The molecule has 284 valence electrons. The number of halogens is 14. The van der Waals surface area contributed by atoms with Crippen molar-refractivity contribution in [2.45, 2.75) is 52.3 Å². The summed E-state index contributed by atoms with van der Waals surface area (Å²) < 4.78 is 154. The molecule has 0 unspecified atom stereocenters. The number of allylic oxidation sites excluding steroid dienone is 4. The maximum Gasteiger partial charge on any atom is 0.200 e. The Balaban J connectivity index is 0.00000114. The molecule has 1 aliphatic carbocycles. The van der Waals surface area contributed by atoms with Crippen molar-refractivity contribution in [3.63, 3.8) is 0 Å². The van der Waals surface area contributed by atoms with E-state index in [1.807, 2.05) is 20.8 Å². The number of rotatable bonds is 4. The summed E-state index contributed by atoms with van der Waals surface area (Å²) in [6.07, 6.45) is -2.64. The van der Waals surface area contributed by atoms with Crippen LogP contribution in [0.25, 0.3) is 5.57 Å². The minimum Gasteiger partial charge on any atom is -0.239 e. The van der Waals surface area contributed by atoms with Crippen LogP contribution >= 0.6 is 46.4 Å². The fraction of sp³-hybridized carbons (Fsp3) is 0.361. The minimum absolute atomic E-state index is 0.0800. The second-order valence-electron chi connectivity index (χ2n) is 13.6. The molecule has 1 aliphatic heterocycles. The molecule has 0 saturated heterocycles. The summed E-state index contributed by atoms with van der Waals surface area (Å²) in [6.45, 7) is 8.73. The highest BCUT2D eigenvalue weighted by Gasteiger charge is 2.56. The first-order chi connectivity index (χ1) is 24.1. The number of nitrogens with zero attached hydrogens (tertiary/aromatic N) is 1. The Morgan fingerprint density at radius 3 is 1.35 bits per heavy atom. The van der Waals surface area contributed by atoms with Crippen molar-refractivity contribution in [3.05, 3.63) is 111 Å². The highest BCUT2D eigenvalue weighted by atomic mass is 35.5. The van der Waals surface area contributed by atoms with E-state index in [2.05, 4.69) is 0 Å². The van der Waals surface area contributed by atoms with Crippen molar-refractivity contribution in [3.8, 4) is 0 Å². The Morgan fingerprint density at radius 1 is 0.673 bits per heavy atom. The molecule has 3 aromatic carbocycles. The van der Waals surface area contributed by atoms with Gasteiger partial charge in [-0.15, -0.1) is 69.2 Å². The van der Waals surface area contributed by atoms with Crippen LogP contribution in [-0.2, 0) is 5.41 Å². The molecule has 2 atom stereocenters. The molecule has 1 nitrogen and oxygen atoms in total. The fourth-order valence-corrected chi connectivity index (χ4v) is 7.56. The van der Waals surface area contributed by atoms with Gasteiger partial charge >= 0.3 is 0 Å². The van der Waals surface area contributed by atoms with E-state index >= 15 is 17.6 Å². The van der Waals surface area contributed by atoms with Crippen LogP contribution in [0.3, 0.4) is 0 Å². The molecule has 0 amide bonds. The molecule has 1 heterocycles. The Bertz CT molecular complexity index is 1820. The lowest BCUT2D eigenvalue weighted by Gasteiger charge is -2.45. The second-order valence-corrected chi connectivity index (χ2v) is 15.2. The molecule has 3 aromatic rings. The van der Waals surface area contributed by atoms with Crippen LogP contribution in [-0.4, -0.2) is 41.2 Å². The first-order valence-corrected chi connectivity index (χ1v) is 17.7. The van der Waals surface area contributed by atoms with Crippen LogP contribution in [0.1, 0.15) is 52.2 Å². The number of hydrogen-bond acceptors (Lipinski definition) is 0. The quantitative estimate of drug-likeness (QED) is 0.0469. The van der Waals surface area contributed by atoms with E-state index in [-0.39, 0.29) is 33.6 Å². The van der Waals surface area contributed by atoms with Crippen LogP contribution < -0.4 is 10.9 Å². The normalized spacial score (nSPS) is 17.6. The summed E-state index contributed by atoms with van der Waals surface area (Å²) >= 11 is 19.1. The van der Waals surface area contributed by atoms with Crippen LogP contribution in [0.4, 0.5) is 43.9 Å². The monoisotopic (exact) mass is 821 g/mol. The first-order valence-electron chi connectivity index (χ1n) is 15.6. The van der Waals surface area contributed by atoms with Gasteiger partial charge in [-0.2, -0.15) is 0 Å². The molecule has 16 heteroatoms. The Labute approximate surface area is 315 Å². The summed E-state index contributed by atoms with van der Waals surface area (Å²) in [5, 5.41) is 0.389. The van der Waals surface area contributed by atoms with Gasteiger partial charge in [0.2, 0.25) is 0 Å². The number of hydrogen-bond donors (Lipinski definition) is 0.